The number of ether oxygens (including phenoxy) is 2. The first-order chi connectivity index (χ1) is 12.7. The first kappa shape index (κ1) is 15.9. The smallest absolute Gasteiger partial charge is 0.343 e. The van der Waals surface area contributed by atoms with Crippen LogP contribution in [0.15, 0.2) is 77.2 Å². The van der Waals surface area contributed by atoms with Crippen molar-refractivity contribution in [2.75, 3.05) is 7.11 Å². The molecule has 4 rings (SSSR count). The fourth-order valence-corrected chi connectivity index (χ4v) is 2.58. The molecular formula is C21H15NO4. The Morgan fingerprint density at radius 3 is 2.46 bits per heavy atom. The van der Waals surface area contributed by atoms with Crippen LogP contribution in [-0.2, 0) is 0 Å². The van der Waals surface area contributed by atoms with Crippen molar-refractivity contribution < 1.29 is 18.7 Å². The number of fused-ring (bicyclic) bond motifs is 1. The van der Waals surface area contributed by atoms with Gasteiger partial charge in [0.05, 0.1) is 12.7 Å². The zero-order valence-electron chi connectivity index (χ0n) is 14.0. The number of hydrogen-bond acceptors (Lipinski definition) is 5. The molecule has 1 aromatic heterocycles. The summed E-state index contributed by atoms with van der Waals surface area (Å²) in [6, 6.07) is 21.4. The van der Waals surface area contributed by atoms with Crippen molar-refractivity contribution >= 4 is 17.1 Å². The van der Waals surface area contributed by atoms with E-state index in [1.807, 2.05) is 24.3 Å². The fraction of sp³-hybridized carbons (Fsp3) is 0.0476. The van der Waals surface area contributed by atoms with Crippen molar-refractivity contribution in [1.29, 1.82) is 0 Å². The predicted molar refractivity (Wildman–Crippen MR) is 97.4 cm³/mol. The number of oxazole rings is 1. The van der Waals surface area contributed by atoms with Crippen LogP contribution in [-0.4, -0.2) is 18.1 Å². The Bertz CT molecular complexity index is 1030. The fourth-order valence-electron chi connectivity index (χ4n) is 2.58. The van der Waals surface area contributed by atoms with E-state index in [0.29, 0.717) is 23.0 Å². The number of para-hydroxylation sites is 2. The van der Waals surface area contributed by atoms with Crippen molar-refractivity contribution in [3.05, 3.63) is 78.4 Å². The molecule has 5 heteroatoms. The Balaban J connectivity index is 1.54. The molecule has 0 atom stereocenters. The number of rotatable bonds is 4. The number of carbonyl (C=O) groups excluding carboxylic acids is 1. The van der Waals surface area contributed by atoms with Crippen LogP contribution in [0.4, 0.5) is 0 Å². The molecule has 0 saturated carbocycles. The van der Waals surface area contributed by atoms with Gasteiger partial charge in [0.15, 0.2) is 5.58 Å². The summed E-state index contributed by atoms with van der Waals surface area (Å²) in [7, 11) is 1.56. The molecular weight excluding hydrogens is 330 g/mol. The minimum Gasteiger partial charge on any atom is -0.497 e. The third-order valence-corrected chi connectivity index (χ3v) is 3.91. The van der Waals surface area contributed by atoms with E-state index in [9.17, 15) is 4.79 Å². The number of aromatic nitrogens is 1. The van der Waals surface area contributed by atoms with Crippen LogP contribution in [0.25, 0.3) is 22.6 Å². The molecule has 0 spiro atoms. The van der Waals surface area contributed by atoms with Gasteiger partial charge in [-0.2, -0.15) is 0 Å². The van der Waals surface area contributed by atoms with E-state index in [2.05, 4.69) is 4.98 Å². The van der Waals surface area contributed by atoms with Gasteiger partial charge in [-0.3, -0.25) is 0 Å². The lowest BCUT2D eigenvalue weighted by molar-refractivity contribution is 0.0734. The third kappa shape index (κ3) is 3.15. The van der Waals surface area contributed by atoms with Crippen LogP contribution >= 0.6 is 0 Å². The van der Waals surface area contributed by atoms with E-state index in [4.69, 9.17) is 13.9 Å². The van der Waals surface area contributed by atoms with Gasteiger partial charge in [-0.05, 0) is 48.5 Å². The number of benzene rings is 3. The zero-order chi connectivity index (χ0) is 17.9. The number of hydrogen-bond donors (Lipinski definition) is 0. The Morgan fingerprint density at radius 2 is 1.69 bits per heavy atom. The van der Waals surface area contributed by atoms with Crippen molar-refractivity contribution in [2.45, 2.75) is 0 Å². The Labute approximate surface area is 149 Å². The summed E-state index contributed by atoms with van der Waals surface area (Å²) in [5.41, 5.74) is 2.75. The zero-order valence-corrected chi connectivity index (χ0v) is 14.0. The van der Waals surface area contributed by atoms with Crippen molar-refractivity contribution in [2.24, 2.45) is 0 Å². The van der Waals surface area contributed by atoms with E-state index in [-0.39, 0.29) is 0 Å². The topological polar surface area (TPSA) is 61.6 Å². The van der Waals surface area contributed by atoms with Gasteiger partial charge < -0.3 is 13.9 Å². The maximum absolute atomic E-state index is 12.3. The van der Waals surface area contributed by atoms with Crippen LogP contribution in [0, 0.1) is 0 Å². The molecule has 3 aromatic carbocycles. The Kier molecular flexibility index (Phi) is 4.11. The monoisotopic (exact) mass is 345 g/mol. The molecule has 0 saturated heterocycles. The Morgan fingerprint density at radius 1 is 0.923 bits per heavy atom. The highest BCUT2D eigenvalue weighted by Gasteiger charge is 2.12. The van der Waals surface area contributed by atoms with E-state index in [0.717, 1.165) is 16.7 Å². The second-order valence-electron chi connectivity index (χ2n) is 5.63. The van der Waals surface area contributed by atoms with Gasteiger partial charge in [0.1, 0.15) is 17.0 Å². The van der Waals surface area contributed by atoms with E-state index in [1.165, 1.54) is 0 Å². The summed E-state index contributed by atoms with van der Waals surface area (Å²) < 4.78 is 16.2. The minimum absolute atomic E-state index is 0.428. The summed E-state index contributed by atoms with van der Waals surface area (Å²) in [6.45, 7) is 0. The van der Waals surface area contributed by atoms with Gasteiger partial charge in [-0.1, -0.05) is 18.2 Å². The van der Waals surface area contributed by atoms with Gasteiger partial charge in [0.2, 0.25) is 5.89 Å². The van der Waals surface area contributed by atoms with Gasteiger partial charge in [-0.15, -0.1) is 0 Å². The summed E-state index contributed by atoms with van der Waals surface area (Å²) in [5.74, 6) is 1.13. The first-order valence-corrected chi connectivity index (χ1v) is 8.05. The lowest BCUT2D eigenvalue weighted by Crippen LogP contribution is -2.08. The van der Waals surface area contributed by atoms with Crippen LogP contribution < -0.4 is 9.47 Å². The number of nitrogens with zero attached hydrogens (tertiary/aromatic N) is 1. The van der Waals surface area contributed by atoms with E-state index in [1.54, 1.807) is 55.6 Å². The van der Waals surface area contributed by atoms with E-state index < -0.39 is 5.97 Å². The number of esters is 1. The van der Waals surface area contributed by atoms with Crippen LogP contribution in [0.1, 0.15) is 10.4 Å². The van der Waals surface area contributed by atoms with Crippen LogP contribution in [0.2, 0.25) is 0 Å². The predicted octanol–water partition coefficient (Wildman–Crippen LogP) is 4.72. The van der Waals surface area contributed by atoms with Gasteiger partial charge in [-0.25, -0.2) is 9.78 Å². The highest BCUT2D eigenvalue weighted by atomic mass is 16.5. The summed E-state index contributed by atoms with van der Waals surface area (Å²) in [5, 5.41) is 0. The molecule has 1 heterocycles. The summed E-state index contributed by atoms with van der Waals surface area (Å²) in [4.78, 5) is 16.7. The quantitative estimate of drug-likeness (QED) is 0.395. The molecule has 0 amide bonds. The van der Waals surface area contributed by atoms with Gasteiger partial charge in [0, 0.05) is 11.6 Å². The molecule has 128 valence electrons. The molecule has 0 bridgehead atoms. The number of methoxy groups -OCH3 is 1. The molecule has 0 aliphatic carbocycles. The van der Waals surface area contributed by atoms with Crippen molar-refractivity contribution in [3.8, 4) is 23.0 Å². The standard InChI is InChI=1S/C21H15NO4/c1-24-16-5-4-6-17(13-16)25-21(23)15-11-9-14(10-12-15)20-22-18-7-2-3-8-19(18)26-20/h2-13H,1H3. The highest BCUT2D eigenvalue weighted by molar-refractivity contribution is 5.91. The molecule has 26 heavy (non-hydrogen) atoms. The number of carbonyl (C=O) groups is 1. The molecule has 0 radical (unpaired) electrons. The second-order valence-corrected chi connectivity index (χ2v) is 5.63. The van der Waals surface area contributed by atoms with Gasteiger partial charge >= 0.3 is 5.97 Å². The largest absolute Gasteiger partial charge is 0.497 e. The normalized spacial score (nSPS) is 10.7. The first-order valence-electron chi connectivity index (χ1n) is 8.05. The highest BCUT2D eigenvalue weighted by Crippen LogP contribution is 2.25. The molecule has 0 unspecified atom stereocenters. The Hall–Kier alpha value is -3.60. The second kappa shape index (κ2) is 6.72. The third-order valence-electron chi connectivity index (χ3n) is 3.91. The molecule has 0 N–H and O–H groups in total. The average molecular weight is 345 g/mol. The maximum atomic E-state index is 12.3. The van der Waals surface area contributed by atoms with Gasteiger partial charge in [0.25, 0.3) is 0 Å². The minimum atomic E-state index is -0.442. The molecule has 4 aromatic rings. The van der Waals surface area contributed by atoms with Crippen LogP contribution in [0.3, 0.4) is 0 Å². The molecule has 0 aliphatic heterocycles. The molecule has 5 nitrogen and oxygen atoms in total. The summed E-state index contributed by atoms with van der Waals surface area (Å²) in [6.07, 6.45) is 0. The van der Waals surface area contributed by atoms with Crippen molar-refractivity contribution in [3.63, 3.8) is 0 Å². The lowest BCUT2D eigenvalue weighted by Gasteiger charge is -2.06. The van der Waals surface area contributed by atoms with E-state index >= 15 is 0 Å². The maximum Gasteiger partial charge on any atom is 0.343 e. The van der Waals surface area contributed by atoms with Crippen molar-refractivity contribution in [1.82, 2.24) is 4.98 Å². The van der Waals surface area contributed by atoms with Crippen LogP contribution in [0.5, 0.6) is 11.5 Å². The summed E-state index contributed by atoms with van der Waals surface area (Å²) >= 11 is 0. The molecule has 0 aliphatic rings. The SMILES string of the molecule is COc1cccc(OC(=O)c2ccc(-c3nc4ccccc4o3)cc2)c1. The average Bonchev–Trinajstić information content (AvgIpc) is 3.12. The lowest BCUT2D eigenvalue weighted by atomic mass is 10.1. The molecule has 0 fully saturated rings.